The Kier molecular flexibility index (Phi) is 5.56. The maximum absolute atomic E-state index is 12.1. The standard InChI is InChI=1S/C11H18N2O6/c1-19-8-3-2-4-12(5-8)11(18)13(6-9(14)15)7-10(16)17/h8H,2-7H2,1H3,(H,14,15)(H,16,17). The minimum absolute atomic E-state index is 0.0887. The van der Waals surface area contributed by atoms with E-state index >= 15 is 0 Å². The fraction of sp³-hybridized carbons (Fsp3) is 0.727. The SMILES string of the molecule is COC1CCCN(C(=O)N(CC(=O)O)CC(=O)O)C1. The monoisotopic (exact) mass is 274 g/mol. The van der Waals surface area contributed by atoms with Gasteiger partial charge in [-0.3, -0.25) is 9.59 Å². The van der Waals surface area contributed by atoms with Gasteiger partial charge in [0.15, 0.2) is 0 Å². The summed E-state index contributed by atoms with van der Waals surface area (Å²) >= 11 is 0. The Hall–Kier alpha value is -1.83. The van der Waals surface area contributed by atoms with E-state index in [9.17, 15) is 14.4 Å². The molecule has 2 N–H and O–H groups in total. The molecule has 0 spiro atoms. The lowest BCUT2D eigenvalue weighted by Gasteiger charge is -2.34. The van der Waals surface area contributed by atoms with E-state index in [4.69, 9.17) is 14.9 Å². The maximum atomic E-state index is 12.1. The number of amides is 2. The third-order valence-corrected chi connectivity index (χ3v) is 2.90. The summed E-state index contributed by atoms with van der Waals surface area (Å²) in [6, 6.07) is -0.577. The first-order valence-electron chi connectivity index (χ1n) is 5.94. The van der Waals surface area contributed by atoms with Crippen LogP contribution in [0.3, 0.4) is 0 Å². The maximum Gasteiger partial charge on any atom is 0.323 e. The van der Waals surface area contributed by atoms with Gasteiger partial charge in [0.25, 0.3) is 0 Å². The van der Waals surface area contributed by atoms with Gasteiger partial charge in [0.05, 0.1) is 6.10 Å². The van der Waals surface area contributed by atoms with Crippen LogP contribution in [0.1, 0.15) is 12.8 Å². The van der Waals surface area contributed by atoms with Crippen LogP contribution >= 0.6 is 0 Å². The number of ether oxygens (including phenoxy) is 1. The molecule has 1 rings (SSSR count). The first-order valence-corrected chi connectivity index (χ1v) is 5.94. The van der Waals surface area contributed by atoms with E-state index < -0.39 is 31.1 Å². The summed E-state index contributed by atoms with van der Waals surface area (Å²) in [5.74, 6) is -2.48. The predicted octanol–water partition coefficient (Wildman–Crippen LogP) is -0.312. The number of likely N-dealkylation sites (tertiary alicyclic amines) is 1. The highest BCUT2D eigenvalue weighted by Crippen LogP contribution is 2.14. The number of carboxylic acid groups (broad SMARTS) is 2. The number of carbonyl (C=O) groups excluding carboxylic acids is 1. The Balaban J connectivity index is 2.68. The minimum Gasteiger partial charge on any atom is -0.480 e. The molecule has 1 aliphatic rings. The number of piperidine rings is 1. The van der Waals surface area contributed by atoms with Gasteiger partial charge in [-0.05, 0) is 12.8 Å². The molecule has 2 amide bonds. The summed E-state index contributed by atoms with van der Waals surface area (Å²) in [5, 5.41) is 17.4. The van der Waals surface area contributed by atoms with E-state index in [1.165, 1.54) is 4.90 Å². The van der Waals surface area contributed by atoms with Crippen molar-refractivity contribution in [3.8, 4) is 0 Å². The van der Waals surface area contributed by atoms with Crippen molar-refractivity contribution in [2.75, 3.05) is 33.3 Å². The third-order valence-electron chi connectivity index (χ3n) is 2.90. The minimum atomic E-state index is -1.24. The van der Waals surface area contributed by atoms with Crippen molar-refractivity contribution in [2.24, 2.45) is 0 Å². The molecule has 1 heterocycles. The number of hydrogen-bond acceptors (Lipinski definition) is 4. The zero-order chi connectivity index (χ0) is 14.4. The molecule has 0 aromatic heterocycles. The van der Waals surface area contributed by atoms with Crippen molar-refractivity contribution in [2.45, 2.75) is 18.9 Å². The second kappa shape index (κ2) is 6.93. The molecule has 108 valence electrons. The van der Waals surface area contributed by atoms with Crippen molar-refractivity contribution in [3.05, 3.63) is 0 Å². The van der Waals surface area contributed by atoms with Crippen LogP contribution in [0.2, 0.25) is 0 Å². The summed E-state index contributed by atoms with van der Waals surface area (Å²) in [5.41, 5.74) is 0. The Morgan fingerprint density at radius 3 is 2.32 bits per heavy atom. The molecule has 0 aromatic rings. The zero-order valence-electron chi connectivity index (χ0n) is 10.7. The molecule has 19 heavy (non-hydrogen) atoms. The van der Waals surface area contributed by atoms with Crippen LogP contribution in [0.15, 0.2) is 0 Å². The molecule has 0 bridgehead atoms. The van der Waals surface area contributed by atoms with E-state index in [2.05, 4.69) is 0 Å². The Morgan fingerprint density at radius 2 is 1.84 bits per heavy atom. The van der Waals surface area contributed by atoms with Crippen LogP contribution < -0.4 is 0 Å². The van der Waals surface area contributed by atoms with Crippen LogP contribution in [-0.4, -0.2) is 77.4 Å². The fourth-order valence-electron chi connectivity index (χ4n) is 2.02. The molecule has 0 saturated carbocycles. The Bertz CT molecular complexity index is 343. The molecule has 1 saturated heterocycles. The average Bonchev–Trinajstić information content (AvgIpc) is 2.36. The van der Waals surface area contributed by atoms with E-state index in [1.807, 2.05) is 0 Å². The van der Waals surface area contributed by atoms with Crippen LogP contribution in [0, 0.1) is 0 Å². The first kappa shape index (κ1) is 15.2. The summed E-state index contributed by atoms with van der Waals surface area (Å²) in [7, 11) is 1.55. The number of carboxylic acids is 2. The summed E-state index contributed by atoms with van der Waals surface area (Å²) in [6.07, 6.45) is 1.49. The van der Waals surface area contributed by atoms with Gasteiger partial charge in [-0.15, -0.1) is 0 Å². The van der Waals surface area contributed by atoms with Gasteiger partial charge >= 0.3 is 18.0 Å². The largest absolute Gasteiger partial charge is 0.480 e. The second-order valence-corrected chi connectivity index (χ2v) is 4.37. The lowest BCUT2D eigenvalue weighted by atomic mass is 10.1. The van der Waals surface area contributed by atoms with E-state index in [1.54, 1.807) is 7.11 Å². The summed E-state index contributed by atoms with van der Waals surface area (Å²) in [6.45, 7) is -0.419. The van der Waals surface area contributed by atoms with Crippen molar-refractivity contribution in [1.82, 2.24) is 9.80 Å². The van der Waals surface area contributed by atoms with Gasteiger partial charge in [-0.2, -0.15) is 0 Å². The van der Waals surface area contributed by atoms with Gasteiger partial charge in [0.1, 0.15) is 13.1 Å². The van der Waals surface area contributed by atoms with Crippen molar-refractivity contribution >= 4 is 18.0 Å². The molecule has 0 aliphatic carbocycles. The third kappa shape index (κ3) is 4.74. The van der Waals surface area contributed by atoms with Crippen LogP contribution in [0.4, 0.5) is 4.79 Å². The van der Waals surface area contributed by atoms with Gasteiger partial charge in [0.2, 0.25) is 0 Å². The highest BCUT2D eigenvalue weighted by Gasteiger charge is 2.29. The lowest BCUT2D eigenvalue weighted by Crippen LogP contribution is -2.51. The molecule has 1 aliphatic heterocycles. The molecule has 8 nitrogen and oxygen atoms in total. The van der Waals surface area contributed by atoms with E-state index in [0.717, 1.165) is 17.7 Å². The van der Waals surface area contributed by atoms with Crippen LogP contribution in [0.25, 0.3) is 0 Å². The number of methoxy groups -OCH3 is 1. The number of hydrogen-bond donors (Lipinski definition) is 2. The van der Waals surface area contributed by atoms with Crippen molar-refractivity contribution < 1.29 is 29.3 Å². The van der Waals surface area contributed by atoms with Crippen LogP contribution in [-0.2, 0) is 14.3 Å². The normalized spacial score (nSPS) is 19.0. The van der Waals surface area contributed by atoms with Gasteiger partial charge in [0, 0.05) is 20.2 Å². The number of rotatable bonds is 5. The summed E-state index contributed by atoms with van der Waals surface area (Å²) in [4.78, 5) is 35.7. The molecular formula is C11H18N2O6. The van der Waals surface area contributed by atoms with Gasteiger partial charge < -0.3 is 24.7 Å². The van der Waals surface area contributed by atoms with E-state index in [-0.39, 0.29) is 6.10 Å². The lowest BCUT2D eigenvalue weighted by molar-refractivity contribution is -0.140. The first-order chi connectivity index (χ1) is 8.93. The second-order valence-electron chi connectivity index (χ2n) is 4.37. The number of urea groups is 1. The number of nitrogens with zero attached hydrogens (tertiary/aromatic N) is 2. The van der Waals surface area contributed by atoms with Crippen molar-refractivity contribution in [1.29, 1.82) is 0 Å². The highest BCUT2D eigenvalue weighted by molar-refractivity contribution is 5.84. The van der Waals surface area contributed by atoms with E-state index in [0.29, 0.717) is 13.1 Å². The molecule has 1 fully saturated rings. The topological polar surface area (TPSA) is 107 Å². The molecule has 0 radical (unpaired) electrons. The van der Waals surface area contributed by atoms with Crippen molar-refractivity contribution in [3.63, 3.8) is 0 Å². The molecule has 1 unspecified atom stereocenters. The van der Waals surface area contributed by atoms with Crippen LogP contribution in [0.5, 0.6) is 0 Å². The smallest absolute Gasteiger partial charge is 0.323 e. The Labute approximate surface area is 110 Å². The Morgan fingerprint density at radius 1 is 1.26 bits per heavy atom. The summed E-state index contributed by atoms with van der Waals surface area (Å²) < 4.78 is 5.17. The molecule has 8 heteroatoms. The average molecular weight is 274 g/mol. The molecular weight excluding hydrogens is 256 g/mol. The number of carbonyl (C=O) groups is 3. The number of aliphatic carboxylic acids is 2. The highest BCUT2D eigenvalue weighted by atomic mass is 16.5. The fourth-order valence-corrected chi connectivity index (χ4v) is 2.02. The van der Waals surface area contributed by atoms with Gasteiger partial charge in [-0.1, -0.05) is 0 Å². The molecule has 1 atom stereocenters. The molecule has 0 aromatic carbocycles. The zero-order valence-corrected chi connectivity index (χ0v) is 10.7. The quantitative estimate of drug-likeness (QED) is 0.712. The van der Waals surface area contributed by atoms with Gasteiger partial charge in [-0.25, -0.2) is 4.79 Å². The predicted molar refractivity (Wildman–Crippen MR) is 63.8 cm³/mol.